The number of anilines is 1. The number of hydrogen-bond acceptors (Lipinski definition) is 4. The first-order valence-corrected chi connectivity index (χ1v) is 10.1. The van der Waals surface area contributed by atoms with Crippen LogP contribution < -0.4 is 9.62 Å². The highest BCUT2D eigenvalue weighted by Gasteiger charge is 2.20. The lowest BCUT2D eigenvalue weighted by Crippen LogP contribution is -2.36. The normalized spacial score (nSPS) is 17.7. The lowest BCUT2D eigenvalue weighted by Gasteiger charge is -2.23. The first-order valence-electron chi connectivity index (χ1n) is 7.89. The van der Waals surface area contributed by atoms with E-state index in [1.54, 1.807) is 18.2 Å². The molecule has 0 saturated carbocycles. The van der Waals surface area contributed by atoms with Crippen LogP contribution in [0.4, 0.5) is 5.69 Å². The number of nitrogens with zero attached hydrogens (tertiary/aromatic N) is 1. The molecule has 1 amide bonds. The number of halogens is 1. The van der Waals surface area contributed by atoms with Gasteiger partial charge in [-0.1, -0.05) is 17.7 Å². The largest absolute Gasteiger partial charge is 0.376 e. The Bertz CT molecular complexity index is 687. The van der Waals surface area contributed by atoms with E-state index in [0.29, 0.717) is 17.3 Å². The molecule has 1 heterocycles. The Kier molecular flexibility index (Phi) is 6.48. The van der Waals surface area contributed by atoms with E-state index in [1.807, 2.05) is 6.92 Å². The molecule has 0 aliphatic carbocycles. The lowest BCUT2D eigenvalue weighted by atomic mass is 10.2. The summed E-state index contributed by atoms with van der Waals surface area (Å²) < 4.78 is 30.7. The Morgan fingerprint density at radius 2 is 2.21 bits per heavy atom. The van der Waals surface area contributed by atoms with E-state index in [1.165, 1.54) is 4.31 Å². The number of nitrogens with one attached hydrogen (secondary N) is 1. The summed E-state index contributed by atoms with van der Waals surface area (Å²) in [6.45, 7) is 3.11. The number of sulfonamides is 1. The van der Waals surface area contributed by atoms with Gasteiger partial charge in [-0.05, 0) is 37.5 Å². The predicted molar refractivity (Wildman–Crippen MR) is 95.0 cm³/mol. The molecule has 1 aliphatic heterocycles. The van der Waals surface area contributed by atoms with Crippen LogP contribution in [0.1, 0.15) is 24.8 Å². The van der Waals surface area contributed by atoms with E-state index in [4.69, 9.17) is 16.3 Å². The molecule has 1 fully saturated rings. The van der Waals surface area contributed by atoms with Crippen molar-refractivity contribution in [3.8, 4) is 0 Å². The van der Waals surface area contributed by atoms with Crippen LogP contribution in [0.3, 0.4) is 0 Å². The number of benzene rings is 1. The van der Waals surface area contributed by atoms with Gasteiger partial charge in [-0.25, -0.2) is 8.42 Å². The highest BCUT2D eigenvalue weighted by molar-refractivity contribution is 7.92. The molecule has 8 heteroatoms. The topological polar surface area (TPSA) is 75.7 Å². The second-order valence-corrected chi connectivity index (χ2v) is 8.27. The SMILES string of the molecule is Cc1ccc(N(CCC(=O)NCC2CCCO2)S(C)(=O)=O)cc1Cl. The van der Waals surface area contributed by atoms with Crippen molar-refractivity contribution in [1.29, 1.82) is 0 Å². The van der Waals surface area contributed by atoms with Crippen LogP contribution in [0.25, 0.3) is 0 Å². The van der Waals surface area contributed by atoms with Crippen LogP contribution in [0.2, 0.25) is 5.02 Å². The molecule has 1 unspecified atom stereocenters. The zero-order valence-corrected chi connectivity index (χ0v) is 15.5. The number of aryl methyl sites for hydroxylation is 1. The van der Waals surface area contributed by atoms with Gasteiger partial charge in [-0.15, -0.1) is 0 Å². The second-order valence-electron chi connectivity index (χ2n) is 5.96. The van der Waals surface area contributed by atoms with Crippen molar-refractivity contribution < 1.29 is 17.9 Å². The van der Waals surface area contributed by atoms with E-state index in [9.17, 15) is 13.2 Å². The molecule has 1 aromatic carbocycles. The second kappa shape index (κ2) is 8.18. The van der Waals surface area contributed by atoms with E-state index in [0.717, 1.165) is 31.3 Å². The highest BCUT2D eigenvalue weighted by atomic mass is 35.5. The van der Waals surface area contributed by atoms with Crippen LogP contribution in [0.5, 0.6) is 0 Å². The summed E-state index contributed by atoms with van der Waals surface area (Å²) in [6.07, 6.45) is 3.21. The van der Waals surface area contributed by atoms with Crippen LogP contribution >= 0.6 is 11.6 Å². The van der Waals surface area contributed by atoms with Crippen LogP contribution in [0, 0.1) is 6.92 Å². The molecule has 0 radical (unpaired) electrons. The van der Waals surface area contributed by atoms with Crippen molar-refractivity contribution >= 4 is 33.2 Å². The molecule has 1 atom stereocenters. The predicted octanol–water partition coefficient (Wildman–Crippen LogP) is 2.10. The van der Waals surface area contributed by atoms with Crippen molar-refractivity contribution in [2.24, 2.45) is 0 Å². The molecule has 0 aromatic heterocycles. The fourth-order valence-electron chi connectivity index (χ4n) is 2.55. The molecular formula is C16H23ClN2O4S. The smallest absolute Gasteiger partial charge is 0.232 e. The molecule has 0 spiro atoms. The molecule has 6 nitrogen and oxygen atoms in total. The Hall–Kier alpha value is -1.31. The van der Waals surface area contributed by atoms with Gasteiger partial charge >= 0.3 is 0 Å². The summed E-state index contributed by atoms with van der Waals surface area (Å²) in [5.74, 6) is -0.197. The van der Waals surface area contributed by atoms with E-state index >= 15 is 0 Å². The number of amides is 1. The minimum absolute atomic E-state index is 0.0651. The number of carbonyl (C=O) groups excluding carboxylic acids is 1. The van der Waals surface area contributed by atoms with Gasteiger partial charge in [-0.2, -0.15) is 0 Å². The van der Waals surface area contributed by atoms with Crippen LogP contribution in [0.15, 0.2) is 18.2 Å². The average molecular weight is 375 g/mol. The van der Waals surface area contributed by atoms with Gasteiger partial charge < -0.3 is 10.1 Å². The van der Waals surface area contributed by atoms with Crippen LogP contribution in [-0.2, 0) is 19.6 Å². The average Bonchev–Trinajstić information content (AvgIpc) is 3.01. The van der Waals surface area contributed by atoms with Crippen molar-refractivity contribution in [2.75, 3.05) is 30.3 Å². The van der Waals surface area contributed by atoms with Gasteiger partial charge in [0.15, 0.2) is 0 Å². The number of hydrogen-bond donors (Lipinski definition) is 1. The standard InChI is InChI=1S/C16H23ClN2O4S/c1-12-5-6-13(10-15(12)17)19(24(2,21)22)8-7-16(20)18-11-14-4-3-9-23-14/h5-6,10,14H,3-4,7-9,11H2,1-2H3,(H,18,20). The van der Waals surface area contributed by atoms with Crippen molar-refractivity contribution in [2.45, 2.75) is 32.3 Å². The maximum absolute atomic E-state index is 12.0. The third kappa shape index (κ3) is 5.36. The van der Waals surface area contributed by atoms with E-state index in [2.05, 4.69) is 5.32 Å². The molecule has 1 aromatic rings. The van der Waals surface area contributed by atoms with Crippen LogP contribution in [-0.4, -0.2) is 46.4 Å². The molecular weight excluding hydrogens is 352 g/mol. The Morgan fingerprint density at radius 1 is 1.46 bits per heavy atom. The van der Waals surface area contributed by atoms with E-state index in [-0.39, 0.29) is 25.0 Å². The third-order valence-corrected chi connectivity index (χ3v) is 5.54. The number of carbonyl (C=O) groups is 1. The van der Waals surface area contributed by atoms with Gasteiger partial charge in [0.05, 0.1) is 18.0 Å². The van der Waals surface area contributed by atoms with Gasteiger partial charge in [0.25, 0.3) is 0 Å². The highest BCUT2D eigenvalue weighted by Crippen LogP contribution is 2.25. The zero-order chi connectivity index (χ0) is 17.7. The fourth-order valence-corrected chi connectivity index (χ4v) is 3.64. The Labute approximate surface area is 148 Å². The Balaban J connectivity index is 1.96. The fraction of sp³-hybridized carbons (Fsp3) is 0.562. The summed E-state index contributed by atoms with van der Waals surface area (Å²) in [5.41, 5.74) is 1.32. The summed E-state index contributed by atoms with van der Waals surface area (Å²) in [7, 11) is -3.50. The summed E-state index contributed by atoms with van der Waals surface area (Å²) in [4.78, 5) is 12.0. The molecule has 2 rings (SSSR count). The molecule has 1 aliphatic rings. The minimum Gasteiger partial charge on any atom is -0.376 e. The van der Waals surface area contributed by atoms with Gasteiger partial charge in [0.1, 0.15) is 0 Å². The summed E-state index contributed by atoms with van der Waals surface area (Å²) in [5, 5.41) is 3.28. The zero-order valence-electron chi connectivity index (χ0n) is 13.9. The Morgan fingerprint density at radius 3 is 2.79 bits per heavy atom. The van der Waals surface area contributed by atoms with Gasteiger partial charge in [0.2, 0.25) is 15.9 Å². The molecule has 24 heavy (non-hydrogen) atoms. The monoisotopic (exact) mass is 374 g/mol. The van der Waals surface area contributed by atoms with Crippen molar-refractivity contribution in [3.63, 3.8) is 0 Å². The summed E-state index contributed by atoms with van der Waals surface area (Å²) >= 11 is 6.08. The third-order valence-electron chi connectivity index (χ3n) is 3.94. The maximum Gasteiger partial charge on any atom is 0.232 e. The molecule has 0 bridgehead atoms. The lowest BCUT2D eigenvalue weighted by molar-refractivity contribution is -0.121. The van der Waals surface area contributed by atoms with Crippen molar-refractivity contribution in [3.05, 3.63) is 28.8 Å². The van der Waals surface area contributed by atoms with Gasteiger partial charge in [-0.3, -0.25) is 9.10 Å². The minimum atomic E-state index is -3.50. The number of rotatable bonds is 7. The first kappa shape index (κ1) is 19.0. The van der Waals surface area contributed by atoms with Gasteiger partial charge in [0, 0.05) is 31.1 Å². The quantitative estimate of drug-likeness (QED) is 0.793. The summed E-state index contributed by atoms with van der Waals surface area (Å²) in [6, 6.07) is 5.04. The van der Waals surface area contributed by atoms with E-state index < -0.39 is 10.0 Å². The maximum atomic E-state index is 12.0. The number of ether oxygens (including phenoxy) is 1. The van der Waals surface area contributed by atoms with Crippen molar-refractivity contribution in [1.82, 2.24) is 5.32 Å². The first-order chi connectivity index (χ1) is 11.3. The molecule has 1 saturated heterocycles. The molecule has 134 valence electrons. The molecule has 1 N–H and O–H groups in total.